The van der Waals surface area contributed by atoms with E-state index in [1.807, 2.05) is 24.3 Å². The van der Waals surface area contributed by atoms with E-state index in [1.54, 1.807) is 22.9 Å². The van der Waals surface area contributed by atoms with E-state index in [9.17, 15) is 9.18 Å². The van der Waals surface area contributed by atoms with Crippen molar-refractivity contribution in [2.75, 3.05) is 19.6 Å². The molecule has 2 aromatic carbocycles. The van der Waals surface area contributed by atoms with Crippen molar-refractivity contribution in [1.29, 1.82) is 5.26 Å². The first-order valence-corrected chi connectivity index (χ1v) is 10.6. The number of carbonyl (C=O) groups excluding carboxylic acids is 1. The zero-order valence-corrected chi connectivity index (χ0v) is 17.4. The number of benzene rings is 2. The molecule has 0 bridgehead atoms. The molecule has 1 aliphatic heterocycles. The SMILES string of the molecule is N#Cc1ccc2c(c1)CN(CCCCNC(=O)/C=C/n1cc(F)c3ccccc31)CC2. The fourth-order valence-corrected chi connectivity index (χ4v) is 4.04. The lowest BCUT2D eigenvalue weighted by atomic mass is 9.97. The monoisotopic (exact) mass is 416 g/mol. The summed E-state index contributed by atoms with van der Waals surface area (Å²) in [5.41, 5.74) is 4.03. The molecule has 0 saturated heterocycles. The van der Waals surface area contributed by atoms with Crippen LogP contribution < -0.4 is 5.32 Å². The third kappa shape index (κ3) is 5.01. The fourth-order valence-electron chi connectivity index (χ4n) is 4.04. The molecule has 5 nitrogen and oxygen atoms in total. The highest BCUT2D eigenvalue weighted by atomic mass is 19.1. The highest BCUT2D eigenvalue weighted by molar-refractivity contribution is 5.91. The van der Waals surface area contributed by atoms with Crippen LogP contribution in [0.1, 0.15) is 29.5 Å². The molecule has 0 saturated carbocycles. The zero-order chi connectivity index (χ0) is 21.6. The molecule has 31 heavy (non-hydrogen) atoms. The Balaban J connectivity index is 1.19. The number of hydrogen-bond acceptors (Lipinski definition) is 3. The van der Waals surface area contributed by atoms with Crippen molar-refractivity contribution in [1.82, 2.24) is 14.8 Å². The van der Waals surface area contributed by atoms with Gasteiger partial charge >= 0.3 is 0 Å². The van der Waals surface area contributed by atoms with Crippen LogP contribution in [0.2, 0.25) is 0 Å². The summed E-state index contributed by atoms with van der Waals surface area (Å²) in [6.07, 6.45) is 7.29. The zero-order valence-electron chi connectivity index (χ0n) is 17.4. The van der Waals surface area contributed by atoms with Gasteiger partial charge in [-0.25, -0.2) is 4.39 Å². The number of hydrogen-bond donors (Lipinski definition) is 1. The maximum Gasteiger partial charge on any atom is 0.245 e. The van der Waals surface area contributed by atoms with Crippen LogP contribution in [-0.2, 0) is 17.8 Å². The van der Waals surface area contributed by atoms with Gasteiger partial charge in [-0.05, 0) is 61.2 Å². The van der Waals surface area contributed by atoms with Crippen LogP contribution in [0.3, 0.4) is 0 Å². The van der Waals surface area contributed by atoms with Gasteiger partial charge in [0.2, 0.25) is 5.91 Å². The van der Waals surface area contributed by atoms with Gasteiger partial charge in [-0.15, -0.1) is 0 Å². The summed E-state index contributed by atoms with van der Waals surface area (Å²) in [5, 5.41) is 12.5. The normalized spacial score (nSPS) is 13.9. The maximum atomic E-state index is 13.9. The molecule has 0 unspecified atom stereocenters. The van der Waals surface area contributed by atoms with E-state index in [2.05, 4.69) is 22.4 Å². The van der Waals surface area contributed by atoms with Gasteiger partial charge in [0.25, 0.3) is 0 Å². The molecule has 0 aliphatic carbocycles. The van der Waals surface area contributed by atoms with Crippen molar-refractivity contribution < 1.29 is 9.18 Å². The predicted molar refractivity (Wildman–Crippen MR) is 120 cm³/mol. The molecule has 3 aromatic rings. The van der Waals surface area contributed by atoms with E-state index >= 15 is 0 Å². The lowest BCUT2D eigenvalue weighted by Crippen LogP contribution is -2.32. The average Bonchev–Trinajstić information content (AvgIpc) is 3.12. The van der Waals surface area contributed by atoms with Crippen LogP contribution in [0.5, 0.6) is 0 Å². The number of carbonyl (C=O) groups is 1. The summed E-state index contributed by atoms with van der Waals surface area (Å²) in [4.78, 5) is 14.5. The number of amides is 1. The first-order chi connectivity index (χ1) is 15.1. The third-order valence-electron chi connectivity index (χ3n) is 5.71. The van der Waals surface area contributed by atoms with Crippen molar-refractivity contribution in [3.05, 3.63) is 77.2 Å². The summed E-state index contributed by atoms with van der Waals surface area (Å²) in [5.74, 6) is -0.487. The molecular weight excluding hydrogens is 391 g/mol. The highest BCUT2D eigenvalue weighted by Crippen LogP contribution is 2.21. The number of nitrogens with one attached hydrogen (secondary N) is 1. The van der Waals surface area contributed by atoms with Gasteiger partial charge in [-0.2, -0.15) is 5.26 Å². The van der Waals surface area contributed by atoms with E-state index in [4.69, 9.17) is 5.26 Å². The van der Waals surface area contributed by atoms with Gasteiger partial charge in [0, 0.05) is 43.5 Å². The summed E-state index contributed by atoms with van der Waals surface area (Å²) in [7, 11) is 0. The van der Waals surface area contributed by atoms with E-state index in [0.29, 0.717) is 17.5 Å². The minimum atomic E-state index is -0.301. The quantitative estimate of drug-likeness (QED) is 0.466. The van der Waals surface area contributed by atoms with Crippen LogP contribution in [0.25, 0.3) is 17.1 Å². The van der Waals surface area contributed by atoms with Crippen LogP contribution in [-0.4, -0.2) is 35.0 Å². The van der Waals surface area contributed by atoms with Crippen molar-refractivity contribution in [3.63, 3.8) is 0 Å². The largest absolute Gasteiger partial charge is 0.353 e. The highest BCUT2D eigenvalue weighted by Gasteiger charge is 2.16. The molecule has 1 aromatic heterocycles. The Morgan fingerprint density at radius 1 is 1.19 bits per heavy atom. The van der Waals surface area contributed by atoms with Crippen LogP contribution in [0.15, 0.2) is 54.7 Å². The number of fused-ring (bicyclic) bond motifs is 2. The second kappa shape index (κ2) is 9.59. The second-order valence-electron chi connectivity index (χ2n) is 7.84. The van der Waals surface area contributed by atoms with Crippen molar-refractivity contribution >= 4 is 23.0 Å². The number of halogens is 1. The summed E-state index contributed by atoms with van der Waals surface area (Å²) >= 11 is 0. The smallest absolute Gasteiger partial charge is 0.245 e. The van der Waals surface area contributed by atoms with Gasteiger partial charge in [0.15, 0.2) is 0 Å². The van der Waals surface area contributed by atoms with Crippen molar-refractivity contribution in [2.24, 2.45) is 0 Å². The summed E-state index contributed by atoms with van der Waals surface area (Å²) < 4.78 is 15.5. The molecule has 0 radical (unpaired) electrons. The molecular formula is C25H25FN4O. The Morgan fingerprint density at radius 3 is 2.94 bits per heavy atom. The van der Waals surface area contributed by atoms with E-state index in [-0.39, 0.29) is 11.7 Å². The second-order valence-corrected chi connectivity index (χ2v) is 7.84. The molecule has 0 atom stereocenters. The molecule has 0 fully saturated rings. The molecule has 1 amide bonds. The number of unbranched alkanes of at least 4 members (excludes halogenated alkanes) is 1. The molecule has 1 aliphatic rings. The molecule has 1 N–H and O–H groups in total. The first-order valence-electron chi connectivity index (χ1n) is 10.6. The van der Waals surface area contributed by atoms with Gasteiger partial charge in [0.05, 0.1) is 17.1 Å². The topological polar surface area (TPSA) is 61.1 Å². The van der Waals surface area contributed by atoms with Crippen LogP contribution in [0, 0.1) is 17.1 Å². The number of rotatable bonds is 7. The first kappa shape index (κ1) is 20.8. The molecule has 4 rings (SSSR count). The van der Waals surface area contributed by atoms with Crippen molar-refractivity contribution in [3.8, 4) is 6.07 Å². The predicted octanol–water partition coefficient (Wildman–Crippen LogP) is 4.08. The fraction of sp³-hybridized carbons (Fsp3) is 0.280. The van der Waals surface area contributed by atoms with Crippen LogP contribution >= 0.6 is 0 Å². The molecule has 0 spiro atoms. The Labute approximate surface area is 181 Å². The van der Waals surface area contributed by atoms with Gasteiger partial charge < -0.3 is 9.88 Å². The standard InChI is InChI=1S/C25H25FN4O/c26-23-18-30(24-6-2-1-5-22(23)24)14-10-25(31)28-11-3-4-12-29-13-9-20-8-7-19(16-27)15-21(20)17-29/h1-2,5-8,10,14-15,18H,3-4,9,11-13,17H2,(H,28,31)/b14-10+. The molecule has 6 heteroatoms. The van der Waals surface area contributed by atoms with Gasteiger partial charge in [-0.3, -0.25) is 9.69 Å². The summed E-state index contributed by atoms with van der Waals surface area (Å²) in [6, 6.07) is 15.3. The Hall–Kier alpha value is -3.43. The molecule has 2 heterocycles. The third-order valence-corrected chi connectivity index (χ3v) is 5.71. The number of nitrogens with zero attached hydrogens (tertiary/aromatic N) is 3. The maximum absolute atomic E-state index is 13.9. The lowest BCUT2D eigenvalue weighted by molar-refractivity contribution is -0.116. The van der Waals surface area contributed by atoms with E-state index in [1.165, 1.54) is 23.4 Å². The number of aromatic nitrogens is 1. The van der Waals surface area contributed by atoms with E-state index in [0.717, 1.165) is 44.4 Å². The number of nitriles is 1. The average molecular weight is 417 g/mol. The minimum Gasteiger partial charge on any atom is -0.353 e. The minimum absolute atomic E-state index is 0.186. The Morgan fingerprint density at radius 2 is 2.06 bits per heavy atom. The van der Waals surface area contributed by atoms with Gasteiger partial charge in [0.1, 0.15) is 5.82 Å². The van der Waals surface area contributed by atoms with Crippen molar-refractivity contribution in [2.45, 2.75) is 25.8 Å². The summed E-state index contributed by atoms with van der Waals surface area (Å²) in [6.45, 7) is 3.47. The van der Waals surface area contributed by atoms with Gasteiger partial charge in [-0.1, -0.05) is 18.2 Å². The Kier molecular flexibility index (Phi) is 6.44. The molecule has 158 valence electrons. The van der Waals surface area contributed by atoms with E-state index < -0.39 is 0 Å². The van der Waals surface area contributed by atoms with Crippen LogP contribution in [0.4, 0.5) is 4.39 Å². The lowest BCUT2D eigenvalue weighted by Gasteiger charge is -2.28. The Bertz CT molecular complexity index is 1160. The number of para-hydroxylation sites is 1.